The Balaban J connectivity index is 2.29. The van der Waals surface area contributed by atoms with E-state index in [-0.39, 0.29) is 0 Å². The summed E-state index contributed by atoms with van der Waals surface area (Å²) < 4.78 is 1.83. The molecule has 0 saturated heterocycles. The molecule has 0 amide bonds. The molecule has 0 spiro atoms. The lowest BCUT2D eigenvalue weighted by atomic mass is 10.2. The number of hydrogen-bond donors (Lipinski definition) is 0. The molecule has 1 aromatic carbocycles. The molecule has 86 valence electrons. The largest absolute Gasteiger partial charge is 0.298 e. The number of halogens is 2. The zero-order chi connectivity index (χ0) is 12.3. The zero-order valence-corrected chi connectivity index (χ0v) is 12.5. The van der Waals surface area contributed by atoms with Gasteiger partial charge in [-0.3, -0.25) is 4.79 Å². The third kappa shape index (κ3) is 3.40. The molecule has 0 aliphatic carbocycles. The van der Waals surface area contributed by atoms with Crippen molar-refractivity contribution in [1.29, 1.82) is 0 Å². The van der Waals surface area contributed by atoms with Crippen molar-refractivity contribution in [3.8, 4) is 0 Å². The van der Waals surface area contributed by atoms with Gasteiger partial charge in [-0.15, -0.1) is 0 Å². The fraction of sp³-hybridized carbons (Fsp3) is 0. The third-order valence-corrected chi connectivity index (χ3v) is 4.02. The maximum atomic E-state index is 11.0. The predicted octanol–water partition coefficient (Wildman–Crippen LogP) is 4.57. The van der Waals surface area contributed by atoms with Crippen LogP contribution in [0, 0.1) is 0 Å². The van der Waals surface area contributed by atoms with Crippen molar-refractivity contribution in [3.63, 3.8) is 0 Å². The molecule has 17 heavy (non-hydrogen) atoms. The van der Waals surface area contributed by atoms with Gasteiger partial charge in [-0.05, 0) is 46.3 Å². The predicted molar refractivity (Wildman–Crippen MR) is 75.6 cm³/mol. The van der Waals surface area contributed by atoms with Gasteiger partial charge in [0.15, 0.2) is 6.29 Å². The average Bonchev–Trinajstić information content (AvgIpc) is 2.34. The second kappa shape index (κ2) is 5.80. The van der Waals surface area contributed by atoms with Crippen LogP contribution in [0.1, 0.15) is 10.4 Å². The normalized spacial score (nSPS) is 10.2. The fourth-order valence-corrected chi connectivity index (χ4v) is 2.68. The van der Waals surface area contributed by atoms with Crippen molar-refractivity contribution in [1.82, 2.24) is 4.98 Å². The van der Waals surface area contributed by atoms with Crippen LogP contribution in [0.4, 0.5) is 0 Å². The minimum atomic E-state index is 0.661. The molecule has 0 saturated carbocycles. The SMILES string of the molecule is O=Cc1cc(Br)ccc1Sc1ccc(Br)cn1. The number of aromatic nitrogens is 1. The molecule has 0 N–H and O–H groups in total. The van der Waals surface area contributed by atoms with Gasteiger partial charge >= 0.3 is 0 Å². The summed E-state index contributed by atoms with van der Waals surface area (Å²) in [5.74, 6) is 0. The second-order valence-corrected chi connectivity index (χ2v) is 6.11. The third-order valence-electron chi connectivity index (χ3n) is 2.01. The van der Waals surface area contributed by atoms with Crippen molar-refractivity contribution in [2.24, 2.45) is 0 Å². The van der Waals surface area contributed by atoms with Gasteiger partial charge < -0.3 is 0 Å². The molecule has 2 rings (SSSR count). The molecule has 0 aliphatic rings. The first-order valence-electron chi connectivity index (χ1n) is 4.73. The van der Waals surface area contributed by atoms with E-state index in [4.69, 9.17) is 0 Å². The number of carbonyl (C=O) groups is 1. The Kier molecular flexibility index (Phi) is 4.36. The summed E-state index contributed by atoms with van der Waals surface area (Å²) in [5, 5.41) is 0.860. The Bertz CT molecular complexity index is 543. The summed E-state index contributed by atoms with van der Waals surface area (Å²) in [6.07, 6.45) is 2.59. The van der Waals surface area contributed by atoms with Crippen LogP contribution < -0.4 is 0 Å². The highest BCUT2D eigenvalue weighted by molar-refractivity contribution is 9.10. The lowest BCUT2D eigenvalue weighted by Crippen LogP contribution is -1.86. The summed E-state index contributed by atoms with van der Waals surface area (Å²) in [5.41, 5.74) is 0.661. The minimum Gasteiger partial charge on any atom is -0.298 e. The van der Waals surface area contributed by atoms with Crippen molar-refractivity contribution >= 4 is 49.9 Å². The molecular formula is C12H7Br2NOS. The number of rotatable bonds is 3. The monoisotopic (exact) mass is 371 g/mol. The van der Waals surface area contributed by atoms with Crippen LogP contribution >= 0.6 is 43.6 Å². The molecule has 2 nitrogen and oxygen atoms in total. The summed E-state index contributed by atoms with van der Waals surface area (Å²) >= 11 is 8.15. The fourth-order valence-electron chi connectivity index (χ4n) is 1.24. The molecule has 0 bridgehead atoms. The number of pyridine rings is 1. The van der Waals surface area contributed by atoms with E-state index in [0.29, 0.717) is 5.56 Å². The van der Waals surface area contributed by atoms with Crippen LogP contribution in [0.5, 0.6) is 0 Å². The number of carbonyl (C=O) groups excluding carboxylic acids is 1. The summed E-state index contributed by atoms with van der Waals surface area (Å²) in [6.45, 7) is 0. The van der Waals surface area contributed by atoms with Gasteiger partial charge in [0.2, 0.25) is 0 Å². The molecule has 5 heteroatoms. The summed E-state index contributed by atoms with van der Waals surface area (Å²) in [6, 6.07) is 9.45. The van der Waals surface area contributed by atoms with E-state index in [1.165, 1.54) is 11.8 Å². The Morgan fingerprint density at radius 3 is 2.53 bits per heavy atom. The first kappa shape index (κ1) is 12.8. The van der Waals surface area contributed by atoms with Crippen molar-refractivity contribution < 1.29 is 4.79 Å². The highest BCUT2D eigenvalue weighted by atomic mass is 79.9. The second-order valence-electron chi connectivity index (χ2n) is 3.22. The van der Waals surface area contributed by atoms with E-state index < -0.39 is 0 Å². The van der Waals surface area contributed by atoms with Crippen LogP contribution in [-0.2, 0) is 0 Å². The maximum absolute atomic E-state index is 11.0. The molecule has 2 aromatic rings. The number of nitrogens with zero attached hydrogens (tertiary/aromatic N) is 1. The van der Waals surface area contributed by atoms with Crippen LogP contribution in [0.15, 0.2) is 55.4 Å². The number of aldehydes is 1. The maximum Gasteiger partial charge on any atom is 0.151 e. The first-order valence-corrected chi connectivity index (χ1v) is 7.13. The lowest BCUT2D eigenvalue weighted by molar-refractivity contribution is 0.112. The van der Waals surface area contributed by atoms with Crippen LogP contribution in [0.25, 0.3) is 0 Å². The summed E-state index contributed by atoms with van der Waals surface area (Å²) in [7, 11) is 0. The summed E-state index contributed by atoms with van der Waals surface area (Å²) in [4.78, 5) is 16.1. The van der Waals surface area contributed by atoms with Gasteiger partial charge in [-0.1, -0.05) is 27.7 Å². The van der Waals surface area contributed by atoms with Gasteiger partial charge in [0.1, 0.15) is 5.03 Å². The topological polar surface area (TPSA) is 30.0 Å². The molecule has 1 aromatic heterocycles. The zero-order valence-electron chi connectivity index (χ0n) is 8.56. The van der Waals surface area contributed by atoms with Gasteiger partial charge in [0.05, 0.1) is 0 Å². The van der Waals surface area contributed by atoms with Crippen molar-refractivity contribution in [3.05, 3.63) is 51.0 Å². The Hall–Kier alpha value is -0.650. The molecule has 1 heterocycles. The first-order chi connectivity index (χ1) is 8.19. The highest BCUT2D eigenvalue weighted by Crippen LogP contribution is 2.30. The molecule has 0 fully saturated rings. The molecular weight excluding hydrogens is 366 g/mol. The number of benzene rings is 1. The van der Waals surface area contributed by atoms with E-state index in [9.17, 15) is 4.79 Å². The quantitative estimate of drug-likeness (QED) is 0.739. The smallest absolute Gasteiger partial charge is 0.151 e. The Morgan fingerprint density at radius 2 is 1.88 bits per heavy atom. The van der Waals surface area contributed by atoms with E-state index in [2.05, 4.69) is 36.8 Å². The van der Waals surface area contributed by atoms with Crippen molar-refractivity contribution in [2.75, 3.05) is 0 Å². The van der Waals surface area contributed by atoms with E-state index in [1.807, 2.05) is 24.3 Å². The molecule has 0 aliphatic heterocycles. The van der Waals surface area contributed by atoms with Crippen LogP contribution in [0.3, 0.4) is 0 Å². The molecule has 0 radical (unpaired) electrons. The standard InChI is InChI=1S/C12H7Br2NOS/c13-9-1-3-11(8(5-9)7-16)17-12-4-2-10(14)6-15-12/h1-7H. The lowest BCUT2D eigenvalue weighted by Gasteiger charge is -2.04. The van der Waals surface area contributed by atoms with Crippen LogP contribution in [-0.4, -0.2) is 11.3 Å². The van der Waals surface area contributed by atoms with Gasteiger partial charge in [0.25, 0.3) is 0 Å². The Labute approximate surface area is 120 Å². The van der Waals surface area contributed by atoms with Gasteiger partial charge in [-0.25, -0.2) is 4.98 Å². The van der Waals surface area contributed by atoms with E-state index in [1.54, 1.807) is 12.3 Å². The van der Waals surface area contributed by atoms with E-state index in [0.717, 1.165) is 25.2 Å². The average molecular weight is 373 g/mol. The van der Waals surface area contributed by atoms with Crippen molar-refractivity contribution in [2.45, 2.75) is 9.92 Å². The van der Waals surface area contributed by atoms with Gasteiger partial charge in [-0.2, -0.15) is 0 Å². The number of hydrogen-bond acceptors (Lipinski definition) is 3. The molecule has 0 unspecified atom stereocenters. The Morgan fingerprint density at radius 1 is 1.12 bits per heavy atom. The highest BCUT2D eigenvalue weighted by Gasteiger charge is 2.05. The molecule has 0 atom stereocenters. The van der Waals surface area contributed by atoms with Gasteiger partial charge in [0, 0.05) is 25.6 Å². The van der Waals surface area contributed by atoms with E-state index >= 15 is 0 Å². The van der Waals surface area contributed by atoms with Crippen LogP contribution in [0.2, 0.25) is 0 Å². The minimum absolute atomic E-state index is 0.661.